The van der Waals surface area contributed by atoms with Gasteiger partial charge in [0.05, 0.1) is 0 Å². The average molecular weight is 338 g/mol. The summed E-state index contributed by atoms with van der Waals surface area (Å²) in [6.07, 6.45) is 1.71. The van der Waals surface area contributed by atoms with E-state index in [0.717, 1.165) is 9.13 Å². The van der Waals surface area contributed by atoms with Gasteiger partial charge in [-0.2, -0.15) is 0 Å². The predicted octanol–water partition coefficient (Wildman–Crippen LogP) is 3.25. The van der Waals surface area contributed by atoms with Crippen LogP contribution >= 0.6 is 22.6 Å². The van der Waals surface area contributed by atoms with Crippen LogP contribution in [0.3, 0.4) is 0 Å². The van der Waals surface area contributed by atoms with E-state index < -0.39 is 0 Å². The lowest BCUT2D eigenvalue weighted by Crippen LogP contribution is -2.12. The third-order valence-electron chi connectivity index (χ3n) is 2.28. The van der Waals surface area contributed by atoms with Crippen molar-refractivity contribution < 1.29 is 4.79 Å². The first-order chi connectivity index (χ1) is 8.15. The van der Waals surface area contributed by atoms with Crippen LogP contribution in [-0.2, 0) is 0 Å². The fraction of sp³-hybridized carbons (Fsp3) is 0.0769. The molecule has 0 saturated carbocycles. The van der Waals surface area contributed by atoms with Crippen LogP contribution in [0.25, 0.3) is 0 Å². The molecule has 86 valence electrons. The molecule has 3 nitrogen and oxygen atoms in total. The molecule has 17 heavy (non-hydrogen) atoms. The molecular formula is C13H11IN2O. The van der Waals surface area contributed by atoms with Crippen LogP contribution in [0.15, 0.2) is 42.6 Å². The van der Waals surface area contributed by atoms with Gasteiger partial charge in [0, 0.05) is 15.3 Å². The van der Waals surface area contributed by atoms with Gasteiger partial charge in [0.2, 0.25) is 0 Å². The number of hydrogen-bond acceptors (Lipinski definition) is 2. The topological polar surface area (TPSA) is 42.0 Å². The highest BCUT2D eigenvalue weighted by molar-refractivity contribution is 14.1. The molecule has 0 aliphatic carbocycles. The molecular weight excluding hydrogens is 327 g/mol. The van der Waals surface area contributed by atoms with Crippen LogP contribution in [0, 0.1) is 10.5 Å². The first-order valence-corrected chi connectivity index (χ1v) is 6.22. The van der Waals surface area contributed by atoms with Crippen molar-refractivity contribution in [2.45, 2.75) is 6.92 Å². The highest BCUT2D eigenvalue weighted by Gasteiger charge is 2.05. The van der Waals surface area contributed by atoms with E-state index in [2.05, 4.69) is 32.9 Å². The summed E-state index contributed by atoms with van der Waals surface area (Å²) < 4.78 is 1.04. The summed E-state index contributed by atoms with van der Waals surface area (Å²) >= 11 is 2.17. The second-order valence-electron chi connectivity index (χ2n) is 3.68. The molecule has 2 aromatic rings. The van der Waals surface area contributed by atoms with Gasteiger partial charge in [-0.1, -0.05) is 17.7 Å². The van der Waals surface area contributed by atoms with Crippen molar-refractivity contribution in [1.29, 1.82) is 0 Å². The van der Waals surface area contributed by atoms with Gasteiger partial charge >= 0.3 is 0 Å². The number of carbonyl (C=O) groups excluding carboxylic acids is 1. The molecule has 4 heteroatoms. The summed E-state index contributed by atoms with van der Waals surface area (Å²) in [5.74, 6) is 0.426. The van der Waals surface area contributed by atoms with Crippen LogP contribution in [0.2, 0.25) is 0 Å². The Balaban J connectivity index is 2.11. The molecule has 0 unspecified atom stereocenters. The number of anilines is 1. The molecule has 1 amide bonds. The van der Waals surface area contributed by atoms with Crippen molar-refractivity contribution in [1.82, 2.24) is 4.98 Å². The molecule has 0 radical (unpaired) electrons. The van der Waals surface area contributed by atoms with Gasteiger partial charge in [0.15, 0.2) is 0 Å². The minimum Gasteiger partial charge on any atom is -0.307 e. The first kappa shape index (κ1) is 12.0. The number of aryl methyl sites for hydroxylation is 1. The number of rotatable bonds is 2. The van der Waals surface area contributed by atoms with Gasteiger partial charge in [-0.25, -0.2) is 4.98 Å². The fourth-order valence-electron chi connectivity index (χ4n) is 1.34. The Bertz CT molecular complexity index is 520. The quantitative estimate of drug-likeness (QED) is 0.854. The summed E-state index contributed by atoms with van der Waals surface area (Å²) in [7, 11) is 0. The molecule has 0 saturated heterocycles. The number of aromatic nitrogens is 1. The Morgan fingerprint density at radius 1 is 1.18 bits per heavy atom. The van der Waals surface area contributed by atoms with Gasteiger partial charge in [-0.05, 0) is 53.8 Å². The van der Waals surface area contributed by atoms with Crippen LogP contribution in [0.4, 0.5) is 5.82 Å². The molecule has 0 spiro atoms. The molecule has 1 aromatic heterocycles. The highest BCUT2D eigenvalue weighted by Crippen LogP contribution is 2.09. The number of pyridine rings is 1. The van der Waals surface area contributed by atoms with Crippen LogP contribution in [-0.4, -0.2) is 10.9 Å². The first-order valence-electron chi connectivity index (χ1n) is 5.15. The molecule has 0 aliphatic rings. The van der Waals surface area contributed by atoms with Gasteiger partial charge in [-0.3, -0.25) is 4.79 Å². The van der Waals surface area contributed by atoms with E-state index in [1.54, 1.807) is 24.4 Å². The van der Waals surface area contributed by atoms with Crippen molar-refractivity contribution in [2.75, 3.05) is 5.32 Å². The van der Waals surface area contributed by atoms with E-state index in [4.69, 9.17) is 0 Å². The molecule has 2 rings (SSSR count). The molecule has 1 aromatic carbocycles. The van der Waals surface area contributed by atoms with Crippen LogP contribution in [0.1, 0.15) is 15.9 Å². The molecule has 1 N–H and O–H groups in total. The Labute approximate surface area is 113 Å². The SMILES string of the molecule is Cc1ccc(C(=O)Nc2ccc(I)cn2)cc1. The second kappa shape index (κ2) is 5.27. The monoisotopic (exact) mass is 338 g/mol. The van der Waals surface area contributed by atoms with Crippen LogP contribution in [0.5, 0.6) is 0 Å². The zero-order valence-corrected chi connectivity index (χ0v) is 11.4. The normalized spacial score (nSPS) is 10.0. The van der Waals surface area contributed by atoms with Gasteiger partial charge in [0.1, 0.15) is 5.82 Å². The number of halogens is 1. The zero-order chi connectivity index (χ0) is 12.3. The van der Waals surface area contributed by atoms with E-state index in [0.29, 0.717) is 11.4 Å². The molecule has 0 bridgehead atoms. The second-order valence-corrected chi connectivity index (χ2v) is 4.93. The average Bonchev–Trinajstić information content (AvgIpc) is 2.33. The van der Waals surface area contributed by atoms with E-state index in [9.17, 15) is 4.79 Å². The number of benzene rings is 1. The summed E-state index contributed by atoms with van der Waals surface area (Å²) in [4.78, 5) is 16.0. The smallest absolute Gasteiger partial charge is 0.256 e. The molecule has 0 atom stereocenters. The van der Waals surface area contributed by atoms with E-state index in [1.165, 1.54) is 0 Å². The Kier molecular flexibility index (Phi) is 3.73. The number of nitrogens with zero attached hydrogens (tertiary/aromatic N) is 1. The Morgan fingerprint density at radius 3 is 2.47 bits per heavy atom. The van der Waals surface area contributed by atoms with Crippen molar-refractivity contribution in [2.24, 2.45) is 0 Å². The fourth-order valence-corrected chi connectivity index (χ4v) is 1.66. The number of amides is 1. The van der Waals surface area contributed by atoms with Gasteiger partial charge in [0.25, 0.3) is 5.91 Å². The minimum atomic E-state index is -0.140. The maximum Gasteiger partial charge on any atom is 0.256 e. The van der Waals surface area contributed by atoms with Crippen molar-refractivity contribution >= 4 is 34.3 Å². The number of carbonyl (C=O) groups is 1. The number of hydrogen-bond donors (Lipinski definition) is 1. The maximum absolute atomic E-state index is 11.9. The standard InChI is InChI=1S/C13H11IN2O/c1-9-2-4-10(5-3-9)13(17)16-12-7-6-11(14)8-15-12/h2-8H,1H3,(H,15,16,17). The van der Waals surface area contributed by atoms with Gasteiger partial charge in [-0.15, -0.1) is 0 Å². The van der Waals surface area contributed by atoms with E-state index in [-0.39, 0.29) is 5.91 Å². The van der Waals surface area contributed by atoms with E-state index >= 15 is 0 Å². The van der Waals surface area contributed by atoms with Crippen molar-refractivity contribution in [3.8, 4) is 0 Å². The summed E-state index contributed by atoms with van der Waals surface area (Å²) in [5, 5.41) is 2.75. The number of nitrogens with one attached hydrogen (secondary N) is 1. The maximum atomic E-state index is 11.9. The molecule has 0 aliphatic heterocycles. The van der Waals surface area contributed by atoms with Crippen molar-refractivity contribution in [3.63, 3.8) is 0 Å². The Morgan fingerprint density at radius 2 is 1.88 bits per heavy atom. The molecule has 1 heterocycles. The van der Waals surface area contributed by atoms with E-state index in [1.807, 2.05) is 25.1 Å². The largest absolute Gasteiger partial charge is 0.307 e. The van der Waals surface area contributed by atoms with Crippen molar-refractivity contribution in [3.05, 3.63) is 57.3 Å². The molecule has 0 fully saturated rings. The summed E-state index contributed by atoms with van der Waals surface area (Å²) in [6, 6.07) is 11.1. The minimum absolute atomic E-state index is 0.140. The lowest BCUT2D eigenvalue weighted by atomic mass is 10.1. The van der Waals surface area contributed by atoms with Gasteiger partial charge < -0.3 is 5.32 Å². The predicted molar refractivity (Wildman–Crippen MR) is 76.1 cm³/mol. The zero-order valence-electron chi connectivity index (χ0n) is 9.27. The highest BCUT2D eigenvalue weighted by atomic mass is 127. The third kappa shape index (κ3) is 3.26. The van der Waals surface area contributed by atoms with Crippen LogP contribution < -0.4 is 5.32 Å². The lowest BCUT2D eigenvalue weighted by Gasteiger charge is -2.04. The summed E-state index contributed by atoms with van der Waals surface area (Å²) in [5.41, 5.74) is 1.77. The Hall–Kier alpha value is -1.43. The third-order valence-corrected chi connectivity index (χ3v) is 2.92. The summed E-state index contributed by atoms with van der Waals surface area (Å²) in [6.45, 7) is 1.99. The lowest BCUT2D eigenvalue weighted by molar-refractivity contribution is 0.102.